The van der Waals surface area contributed by atoms with Crippen molar-refractivity contribution < 1.29 is 17.9 Å². The average Bonchev–Trinajstić information content (AvgIpc) is 3.29. The molecule has 0 saturated carbocycles. The maximum Gasteiger partial charge on any atom is 0.338 e. The fraction of sp³-hybridized carbons (Fsp3) is 0.273. The van der Waals surface area contributed by atoms with Crippen LogP contribution in [0.4, 0.5) is 11.5 Å². The Morgan fingerprint density at radius 2 is 1.90 bits per heavy atom. The summed E-state index contributed by atoms with van der Waals surface area (Å²) in [7, 11) is -3.46. The van der Waals surface area contributed by atoms with Crippen LogP contribution in [0.1, 0.15) is 30.1 Å². The van der Waals surface area contributed by atoms with E-state index in [1.54, 1.807) is 49.4 Å². The van der Waals surface area contributed by atoms with Gasteiger partial charge in [0.05, 0.1) is 22.6 Å². The van der Waals surface area contributed by atoms with E-state index in [1.165, 1.54) is 4.31 Å². The van der Waals surface area contributed by atoms with Gasteiger partial charge in [-0.1, -0.05) is 6.07 Å². The van der Waals surface area contributed by atoms with Crippen LogP contribution >= 0.6 is 0 Å². The number of nitrogens with one attached hydrogen (secondary N) is 1. The zero-order valence-corrected chi connectivity index (χ0v) is 17.5. The number of ether oxygens (including phenoxy) is 1. The lowest BCUT2D eigenvalue weighted by atomic mass is 10.2. The molecule has 0 aliphatic carbocycles. The number of hydrogen-bond acceptors (Lipinski definition) is 6. The summed E-state index contributed by atoms with van der Waals surface area (Å²) in [6, 6.07) is 15.6. The second kappa shape index (κ2) is 8.41. The SMILES string of the molecule is CCOC(=O)c1cccc(Nc2ccc3cc(S(=O)(=O)N4CCCC4)ccc3n2)c1. The number of carbonyl (C=O) groups is 1. The van der Waals surface area contributed by atoms with Crippen LogP contribution in [0.2, 0.25) is 0 Å². The Morgan fingerprint density at radius 1 is 1.10 bits per heavy atom. The van der Waals surface area contributed by atoms with Gasteiger partial charge in [0.25, 0.3) is 0 Å². The minimum atomic E-state index is -3.46. The Kier molecular flexibility index (Phi) is 5.69. The van der Waals surface area contributed by atoms with Gasteiger partial charge >= 0.3 is 5.97 Å². The number of anilines is 2. The summed E-state index contributed by atoms with van der Waals surface area (Å²) in [5.74, 6) is 0.220. The van der Waals surface area contributed by atoms with Crippen molar-refractivity contribution in [2.75, 3.05) is 25.0 Å². The molecule has 0 atom stereocenters. The summed E-state index contributed by atoms with van der Waals surface area (Å²) < 4.78 is 32.1. The first-order valence-corrected chi connectivity index (χ1v) is 11.4. The molecule has 1 aliphatic heterocycles. The normalized spacial score (nSPS) is 14.7. The second-order valence-electron chi connectivity index (χ2n) is 7.09. The van der Waals surface area contributed by atoms with E-state index in [4.69, 9.17) is 4.74 Å². The van der Waals surface area contributed by atoms with Gasteiger partial charge in [-0.2, -0.15) is 4.31 Å². The molecular weight excluding hydrogens is 402 g/mol. The van der Waals surface area contributed by atoms with E-state index >= 15 is 0 Å². The summed E-state index contributed by atoms with van der Waals surface area (Å²) in [4.78, 5) is 16.8. The molecule has 2 aromatic carbocycles. The topological polar surface area (TPSA) is 88.6 Å². The van der Waals surface area contributed by atoms with E-state index in [0.29, 0.717) is 47.2 Å². The third-order valence-electron chi connectivity index (χ3n) is 5.01. The second-order valence-corrected chi connectivity index (χ2v) is 9.03. The average molecular weight is 426 g/mol. The van der Waals surface area contributed by atoms with Crippen LogP contribution in [0.5, 0.6) is 0 Å². The fourth-order valence-corrected chi connectivity index (χ4v) is 5.05. The Hall–Kier alpha value is -2.97. The van der Waals surface area contributed by atoms with Crippen LogP contribution in [-0.2, 0) is 14.8 Å². The van der Waals surface area contributed by atoms with Crippen molar-refractivity contribution >= 4 is 38.4 Å². The molecule has 8 heteroatoms. The van der Waals surface area contributed by atoms with Crippen molar-refractivity contribution in [3.8, 4) is 0 Å². The number of hydrogen-bond donors (Lipinski definition) is 1. The van der Waals surface area contributed by atoms with Crippen molar-refractivity contribution in [1.29, 1.82) is 0 Å². The van der Waals surface area contributed by atoms with Gasteiger partial charge in [0.1, 0.15) is 5.82 Å². The van der Waals surface area contributed by atoms with Crippen LogP contribution < -0.4 is 5.32 Å². The zero-order valence-electron chi connectivity index (χ0n) is 16.7. The van der Waals surface area contributed by atoms with Gasteiger partial charge in [-0.3, -0.25) is 0 Å². The van der Waals surface area contributed by atoms with Gasteiger partial charge in [0, 0.05) is 24.2 Å². The van der Waals surface area contributed by atoms with Crippen molar-refractivity contribution in [2.45, 2.75) is 24.7 Å². The molecule has 0 unspecified atom stereocenters. The van der Waals surface area contributed by atoms with E-state index in [-0.39, 0.29) is 5.97 Å². The summed E-state index contributed by atoms with van der Waals surface area (Å²) in [6.07, 6.45) is 1.81. The Bertz CT molecular complexity index is 1190. The van der Waals surface area contributed by atoms with Crippen LogP contribution in [0, 0.1) is 0 Å². The number of nitrogens with zero attached hydrogens (tertiary/aromatic N) is 2. The number of esters is 1. The molecule has 0 bridgehead atoms. The molecule has 0 spiro atoms. The smallest absolute Gasteiger partial charge is 0.338 e. The third-order valence-corrected chi connectivity index (χ3v) is 6.90. The third kappa shape index (κ3) is 4.15. The zero-order chi connectivity index (χ0) is 21.1. The molecule has 1 N–H and O–H groups in total. The van der Waals surface area contributed by atoms with E-state index in [1.807, 2.05) is 12.1 Å². The van der Waals surface area contributed by atoms with Gasteiger partial charge < -0.3 is 10.1 Å². The standard InChI is InChI=1S/C22H23N3O4S/c1-2-29-22(26)17-6-5-7-18(14-17)23-21-11-8-16-15-19(9-10-20(16)24-21)30(27,28)25-12-3-4-13-25/h5-11,14-15H,2-4,12-13H2,1H3,(H,23,24). The quantitative estimate of drug-likeness (QED) is 0.602. The molecule has 1 aromatic heterocycles. The van der Waals surface area contributed by atoms with E-state index in [0.717, 1.165) is 18.2 Å². The molecule has 2 heterocycles. The number of carbonyl (C=O) groups excluding carboxylic acids is 1. The van der Waals surface area contributed by atoms with Gasteiger partial charge in [0.2, 0.25) is 10.0 Å². The number of aromatic nitrogens is 1. The molecule has 3 aromatic rings. The highest BCUT2D eigenvalue weighted by atomic mass is 32.2. The molecule has 0 amide bonds. The maximum absolute atomic E-state index is 12.8. The first kappa shape index (κ1) is 20.3. The van der Waals surface area contributed by atoms with E-state index in [9.17, 15) is 13.2 Å². The van der Waals surface area contributed by atoms with Crippen molar-refractivity contribution in [3.05, 3.63) is 60.2 Å². The minimum absolute atomic E-state index is 0.293. The highest BCUT2D eigenvalue weighted by molar-refractivity contribution is 7.89. The summed E-state index contributed by atoms with van der Waals surface area (Å²) in [5.41, 5.74) is 1.85. The predicted molar refractivity (Wildman–Crippen MR) is 115 cm³/mol. The molecule has 1 saturated heterocycles. The fourth-order valence-electron chi connectivity index (χ4n) is 3.50. The van der Waals surface area contributed by atoms with Crippen LogP contribution in [0.3, 0.4) is 0 Å². The van der Waals surface area contributed by atoms with Crippen LogP contribution in [0.25, 0.3) is 10.9 Å². The molecule has 7 nitrogen and oxygen atoms in total. The first-order valence-electron chi connectivity index (χ1n) is 9.92. The lowest BCUT2D eigenvalue weighted by molar-refractivity contribution is 0.0526. The summed E-state index contributed by atoms with van der Waals surface area (Å²) in [6.45, 7) is 3.23. The van der Waals surface area contributed by atoms with Gasteiger partial charge in [-0.05, 0) is 68.3 Å². The first-order chi connectivity index (χ1) is 14.5. The molecule has 156 valence electrons. The number of rotatable bonds is 6. The Morgan fingerprint density at radius 3 is 2.67 bits per heavy atom. The van der Waals surface area contributed by atoms with Crippen molar-refractivity contribution in [1.82, 2.24) is 9.29 Å². The van der Waals surface area contributed by atoms with Crippen molar-refractivity contribution in [2.24, 2.45) is 0 Å². The monoisotopic (exact) mass is 425 g/mol. The van der Waals surface area contributed by atoms with E-state index in [2.05, 4.69) is 10.3 Å². The lowest BCUT2D eigenvalue weighted by Gasteiger charge is -2.16. The summed E-state index contributed by atoms with van der Waals surface area (Å²) >= 11 is 0. The molecular formula is C22H23N3O4S. The number of fused-ring (bicyclic) bond motifs is 1. The lowest BCUT2D eigenvalue weighted by Crippen LogP contribution is -2.27. The summed E-state index contributed by atoms with van der Waals surface area (Å²) in [5, 5.41) is 3.93. The Labute approximate surface area is 175 Å². The molecule has 4 rings (SSSR count). The van der Waals surface area contributed by atoms with Gasteiger partial charge in [-0.25, -0.2) is 18.2 Å². The number of sulfonamides is 1. The minimum Gasteiger partial charge on any atom is -0.462 e. The number of pyridine rings is 1. The van der Waals surface area contributed by atoms with E-state index < -0.39 is 10.0 Å². The van der Waals surface area contributed by atoms with Gasteiger partial charge in [0.15, 0.2) is 0 Å². The highest BCUT2D eigenvalue weighted by Crippen LogP contribution is 2.25. The molecule has 30 heavy (non-hydrogen) atoms. The molecule has 0 radical (unpaired) electrons. The Balaban J connectivity index is 1.57. The predicted octanol–water partition coefficient (Wildman–Crippen LogP) is 3.94. The largest absolute Gasteiger partial charge is 0.462 e. The maximum atomic E-state index is 12.8. The van der Waals surface area contributed by atoms with Gasteiger partial charge in [-0.15, -0.1) is 0 Å². The van der Waals surface area contributed by atoms with Crippen LogP contribution in [0.15, 0.2) is 59.5 Å². The molecule has 1 aliphatic rings. The van der Waals surface area contributed by atoms with Crippen molar-refractivity contribution in [3.63, 3.8) is 0 Å². The number of benzene rings is 2. The highest BCUT2D eigenvalue weighted by Gasteiger charge is 2.27. The van der Waals surface area contributed by atoms with Crippen LogP contribution in [-0.4, -0.2) is 43.4 Å². The molecule has 1 fully saturated rings.